The van der Waals surface area contributed by atoms with Crippen molar-refractivity contribution in [1.82, 2.24) is 15.3 Å². The van der Waals surface area contributed by atoms with Crippen molar-refractivity contribution in [2.24, 2.45) is 0 Å². The lowest BCUT2D eigenvalue weighted by molar-refractivity contribution is -0.149. The van der Waals surface area contributed by atoms with Crippen molar-refractivity contribution in [2.45, 2.75) is 31.6 Å². The molecule has 10 nitrogen and oxygen atoms in total. The van der Waals surface area contributed by atoms with Crippen LogP contribution in [0.2, 0.25) is 0 Å². The molecule has 2 bridgehead atoms. The van der Waals surface area contributed by atoms with Crippen LogP contribution in [-0.2, 0) is 0 Å². The lowest BCUT2D eigenvalue weighted by atomic mass is 10.1. The van der Waals surface area contributed by atoms with Crippen LogP contribution in [-0.4, -0.2) is 71.5 Å². The Morgan fingerprint density at radius 2 is 2.09 bits per heavy atom. The van der Waals surface area contributed by atoms with Gasteiger partial charge in [-0.25, -0.2) is 14.8 Å². The molecular weight excluding hydrogens is 455 g/mol. The molecule has 1 saturated heterocycles. The number of pyridine rings is 2. The van der Waals surface area contributed by atoms with E-state index < -0.39 is 24.2 Å². The Hall–Kier alpha value is -3.61. The summed E-state index contributed by atoms with van der Waals surface area (Å²) in [5, 5.41) is 16.6. The van der Waals surface area contributed by atoms with Gasteiger partial charge in [-0.2, -0.15) is 13.2 Å². The van der Waals surface area contributed by atoms with Gasteiger partial charge in [0.05, 0.1) is 18.3 Å². The minimum absolute atomic E-state index is 0.0594. The molecule has 2 aliphatic heterocycles. The van der Waals surface area contributed by atoms with E-state index in [4.69, 9.17) is 5.11 Å². The molecule has 2 aromatic heterocycles. The summed E-state index contributed by atoms with van der Waals surface area (Å²) >= 11 is 0. The normalized spacial score (nSPS) is 17.7. The molecular formula is C21H24F3N7O3. The first-order chi connectivity index (χ1) is 16.2. The highest BCUT2D eigenvalue weighted by Gasteiger charge is 2.41. The highest BCUT2D eigenvalue weighted by Crippen LogP contribution is 2.39. The fourth-order valence-corrected chi connectivity index (χ4v) is 3.93. The van der Waals surface area contributed by atoms with Crippen LogP contribution in [0.15, 0.2) is 30.5 Å². The summed E-state index contributed by atoms with van der Waals surface area (Å²) < 4.78 is 38.6. The van der Waals surface area contributed by atoms with Crippen molar-refractivity contribution < 1.29 is 27.9 Å². The summed E-state index contributed by atoms with van der Waals surface area (Å²) in [5.74, 6) is -0.513. The van der Waals surface area contributed by atoms with Gasteiger partial charge in [0.2, 0.25) is 0 Å². The van der Waals surface area contributed by atoms with E-state index in [1.807, 2.05) is 10.2 Å². The Morgan fingerprint density at radius 3 is 2.82 bits per heavy atom. The first-order valence-corrected chi connectivity index (χ1v) is 10.7. The van der Waals surface area contributed by atoms with Crippen LogP contribution < -0.4 is 25.8 Å². The second kappa shape index (κ2) is 9.33. The molecule has 2 aliphatic rings. The number of hydrogen-bond acceptors (Lipinski definition) is 7. The predicted molar refractivity (Wildman–Crippen MR) is 119 cm³/mol. The number of halogens is 3. The molecule has 2 aromatic rings. The average molecular weight is 479 g/mol. The number of urea groups is 1. The van der Waals surface area contributed by atoms with E-state index in [2.05, 4.69) is 20.6 Å². The molecule has 4 N–H and O–H groups in total. The fraction of sp³-hybridized carbons (Fsp3) is 0.429. The van der Waals surface area contributed by atoms with Crippen molar-refractivity contribution in [3.05, 3.63) is 36.2 Å². The van der Waals surface area contributed by atoms with Gasteiger partial charge in [-0.3, -0.25) is 15.0 Å². The number of rotatable bonds is 6. The number of nitrogens with one attached hydrogen (secondary N) is 3. The predicted octanol–water partition coefficient (Wildman–Crippen LogP) is 2.19. The largest absolute Gasteiger partial charge is 0.408 e. The van der Waals surface area contributed by atoms with Gasteiger partial charge in [0, 0.05) is 37.6 Å². The number of aromatic nitrogens is 2. The Morgan fingerprint density at radius 1 is 1.29 bits per heavy atom. The van der Waals surface area contributed by atoms with Crippen LogP contribution in [0.5, 0.6) is 0 Å². The molecule has 0 aliphatic carbocycles. The van der Waals surface area contributed by atoms with E-state index in [9.17, 15) is 22.8 Å². The zero-order valence-corrected chi connectivity index (χ0v) is 18.3. The Balaban J connectivity index is 1.58. The van der Waals surface area contributed by atoms with E-state index in [1.54, 1.807) is 18.2 Å². The molecule has 0 aromatic carbocycles. The van der Waals surface area contributed by atoms with Crippen molar-refractivity contribution in [3.63, 3.8) is 0 Å². The third-order valence-electron chi connectivity index (χ3n) is 5.68. The summed E-state index contributed by atoms with van der Waals surface area (Å²) in [7, 11) is 0. The second-order valence-corrected chi connectivity index (χ2v) is 8.04. The monoisotopic (exact) mass is 479 g/mol. The third-order valence-corrected chi connectivity index (χ3v) is 5.68. The minimum Gasteiger partial charge on any atom is -0.395 e. The summed E-state index contributed by atoms with van der Waals surface area (Å²) in [6.45, 7) is 2.37. The number of amides is 3. The number of nitrogens with zero attached hydrogens (tertiary/aromatic N) is 4. The van der Waals surface area contributed by atoms with Gasteiger partial charge in [-0.05, 0) is 31.5 Å². The zero-order chi connectivity index (χ0) is 24.5. The van der Waals surface area contributed by atoms with E-state index in [1.165, 1.54) is 17.2 Å². The van der Waals surface area contributed by atoms with Crippen molar-refractivity contribution in [2.75, 3.05) is 46.7 Å². The fourth-order valence-electron chi connectivity index (χ4n) is 3.93. The van der Waals surface area contributed by atoms with Gasteiger partial charge in [0.25, 0.3) is 5.91 Å². The molecule has 0 radical (unpaired) electrons. The lowest BCUT2D eigenvalue weighted by Crippen LogP contribution is -2.49. The topological polar surface area (TPSA) is 123 Å². The summed E-state index contributed by atoms with van der Waals surface area (Å²) in [5.41, 5.74) is 1.06. The van der Waals surface area contributed by atoms with Crippen LogP contribution in [0, 0.1) is 0 Å². The molecule has 1 unspecified atom stereocenters. The lowest BCUT2D eigenvalue weighted by Gasteiger charge is -2.35. The quantitative estimate of drug-likeness (QED) is 0.501. The Bertz CT molecular complexity index is 1080. The number of alkyl halides is 3. The minimum atomic E-state index is -4.59. The SMILES string of the molecule is CC(NC(=O)c1ccc2c(n1)N(C(=O)Nc1cc(NCCO)ccn1)[C@H]1CCN2C1)C(F)(F)F. The van der Waals surface area contributed by atoms with Gasteiger partial charge in [-0.15, -0.1) is 0 Å². The first-order valence-electron chi connectivity index (χ1n) is 10.7. The second-order valence-electron chi connectivity index (χ2n) is 8.04. The molecule has 3 amide bonds. The zero-order valence-electron chi connectivity index (χ0n) is 18.3. The van der Waals surface area contributed by atoms with Crippen molar-refractivity contribution in [1.29, 1.82) is 0 Å². The number of hydrogen-bond donors (Lipinski definition) is 4. The number of aliphatic hydroxyl groups excluding tert-OH is 1. The summed E-state index contributed by atoms with van der Waals surface area (Å²) in [6.07, 6.45) is -2.42. The van der Waals surface area contributed by atoms with Crippen LogP contribution >= 0.6 is 0 Å². The number of carbonyl (C=O) groups excluding carboxylic acids is 2. The molecule has 0 saturated carbocycles. The van der Waals surface area contributed by atoms with Crippen LogP contribution in [0.4, 0.5) is 41.0 Å². The van der Waals surface area contributed by atoms with Crippen molar-refractivity contribution >= 4 is 34.9 Å². The highest BCUT2D eigenvalue weighted by atomic mass is 19.4. The summed E-state index contributed by atoms with van der Waals surface area (Å²) in [6, 6.07) is 3.45. The van der Waals surface area contributed by atoms with Crippen molar-refractivity contribution in [3.8, 4) is 0 Å². The standard InChI is InChI=1S/C21H24F3N7O3/c1-12(21(22,23)24)27-19(33)15-2-3-16-18(28-15)31(14-5-8-30(16)11-14)20(34)29-17-10-13(4-6-26-17)25-7-9-32/h2-4,6,10,12,14,32H,5,7-9,11H2,1H3,(H,27,33)(H2,25,26,29,34)/t12?,14-/m0/s1. The Kier molecular flexibility index (Phi) is 6.46. The maximum absolute atomic E-state index is 13.2. The number of carbonyl (C=O) groups is 2. The molecule has 13 heteroatoms. The van der Waals surface area contributed by atoms with Gasteiger partial charge >= 0.3 is 12.2 Å². The Labute approximate surface area is 193 Å². The van der Waals surface area contributed by atoms with E-state index in [0.29, 0.717) is 37.4 Å². The van der Waals surface area contributed by atoms with E-state index >= 15 is 0 Å². The van der Waals surface area contributed by atoms with Gasteiger partial charge in [-0.1, -0.05) is 0 Å². The molecule has 2 atom stereocenters. The van der Waals surface area contributed by atoms with Crippen LogP contribution in [0.3, 0.4) is 0 Å². The first kappa shape index (κ1) is 23.5. The number of aliphatic hydroxyl groups is 1. The molecule has 4 heterocycles. The number of fused-ring (bicyclic) bond motifs is 4. The molecule has 182 valence electrons. The highest BCUT2D eigenvalue weighted by molar-refractivity contribution is 6.05. The van der Waals surface area contributed by atoms with E-state index in [-0.39, 0.29) is 30.0 Å². The summed E-state index contributed by atoms with van der Waals surface area (Å²) in [4.78, 5) is 37.5. The molecule has 1 fully saturated rings. The van der Waals surface area contributed by atoms with Gasteiger partial charge in [0.15, 0.2) is 5.82 Å². The van der Waals surface area contributed by atoms with E-state index in [0.717, 1.165) is 6.92 Å². The maximum Gasteiger partial charge on any atom is 0.408 e. The van der Waals surface area contributed by atoms with Gasteiger partial charge < -0.3 is 20.6 Å². The molecule has 0 spiro atoms. The smallest absolute Gasteiger partial charge is 0.395 e. The van der Waals surface area contributed by atoms with Crippen LogP contribution in [0.25, 0.3) is 0 Å². The third kappa shape index (κ3) is 4.83. The number of anilines is 4. The van der Waals surface area contributed by atoms with Crippen LogP contribution in [0.1, 0.15) is 23.8 Å². The molecule has 4 rings (SSSR count). The maximum atomic E-state index is 13.2. The average Bonchev–Trinajstić information content (AvgIpc) is 3.21. The van der Waals surface area contributed by atoms with Gasteiger partial charge in [0.1, 0.15) is 17.6 Å². The molecule has 34 heavy (non-hydrogen) atoms.